The maximum atomic E-state index is 8.78. The van der Waals surface area contributed by atoms with Gasteiger partial charge in [-0.25, -0.2) is 0 Å². The maximum absolute atomic E-state index is 8.78. The van der Waals surface area contributed by atoms with Gasteiger partial charge in [0.15, 0.2) is 0 Å². The lowest BCUT2D eigenvalue weighted by Gasteiger charge is -2.26. The minimum atomic E-state index is 0.117. The van der Waals surface area contributed by atoms with E-state index in [2.05, 4.69) is 24.8 Å². The molecule has 108 valence electrons. The molecule has 1 fully saturated rings. The van der Waals surface area contributed by atoms with Crippen LogP contribution in [0.25, 0.3) is 0 Å². The summed E-state index contributed by atoms with van der Waals surface area (Å²) in [6, 6.07) is 8.12. The Morgan fingerprint density at radius 1 is 1.20 bits per heavy atom. The zero-order valence-corrected chi connectivity index (χ0v) is 12.3. The van der Waals surface area contributed by atoms with Crippen molar-refractivity contribution in [3.8, 4) is 11.8 Å². The van der Waals surface area contributed by atoms with E-state index in [0.717, 1.165) is 17.0 Å². The fraction of sp³-hybridized carbons (Fsp3) is 0.556. The van der Waals surface area contributed by atoms with Gasteiger partial charge in [-0.15, -0.1) is 0 Å². The van der Waals surface area contributed by atoms with Gasteiger partial charge < -0.3 is 9.84 Å². The third kappa shape index (κ3) is 4.67. The molecule has 0 amide bonds. The molecule has 1 aliphatic carbocycles. The largest absolute Gasteiger partial charge is 0.395 e. The summed E-state index contributed by atoms with van der Waals surface area (Å²) in [6.07, 6.45) is 5.85. The Labute approximate surface area is 122 Å². The van der Waals surface area contributed by atoms with E-state index in [4.69, 9.17) is 9.84 Å². The molecule has 2 nitrogen and oxygen atoms in total. The predicted octanol–water partition coefficient (Wildman–Crippen LogP) is 3.52. The van der Waals surface area contributed by atoms with Crippen LogP contribution in [0.5, 0.6) is 0 Å². The van der Waals surface area contributed by atoms with Gasteiger partial charge in [0, 0.05) is 12.0 Å². The summed E-state index contributed by atoms with van der Waals surface area (Å²) in [6.45, 7) is 3.08. The van der Waals surface area contributed by atoms with Gasteiger partial charge in [-0.2, -0.15) is 0 Å². The van der Waals surface area contributed by atoms with Crippen molar-refractivity contribution in [1.29, 1.82) is 0 Å². The summed E-state index contributed by atoms with van der Waals surface area (Å²) in [7, 11) is 0. The summed E-state index contributed by atoms with van der Waals surface area (Å²) in [5, 5.41) is 8.78. The first-order chi connectivity index (χ1) is 9.79. The van der Waals surface area contributed by atoms with Crippen LogP contribution < -0.4 is 0 Å². The molecular formula is C18H24O2. The number of benzene rings is 1. The second kappa shape index (κ2) is 8.09. The minimum absolute atomic E-state index is 0.117. The SMILES string of the molecule is CC1CCC(OCc2ccccc2C#CCCO)CC1. The summed E-state index contributed by atoms with van der Waals surface area (Å²) in [4.78, 5) is 0. The molecule has 0 bridgehead atoms. The molecule has 1 N–H and O–H groups in total. The van der Waals surface area contributed by atoms with Crippen molar-refractivity contribution in [2.75, 3.05) is 6.61 Å². The molecule has 1 saturated carbocycles. The molecule has 2 rings (SSSR count). The molecule has 0 atom stereocenters. The van der Waals surface area contributed by atoms with E-state index in [-0.39, 0.29) is 6.61 Å². The summed E-state index contributed by atoms with van der Waals surface area (Å²) in [5.41, 5.74) is 2.17. The molecule has 0 aromatic heterocycles. The quantitative estimate of drug-likeness (QED) is 0.850. The first kappa shape index (κ1) is 15.1. The topological polar surface area (TPSA) is 29.5 Å². The predicted molar refractivity (Wildman–Crippen MR) is 81.2 cm³/mol. The van der Waals surface area contributed by atoms with Gasteiger partial charge in [-0.05, 0) is 43.2 Å². The molecule has 0 saturated heterocycles. The molecule has 0 aliphatic heterocycles. The Balaban J connectivity index is 1.91. The van der Waals surface area contributed by atoms with Crippen molar-refractivity contribution < 1.29 is 9.84 Å². The Bertz CT molecular complexity index is 462. The van der Waals surface area contributed by atoms with Crippen LogP contribution in [0.2, 0.25) is 0 Å². The van der Waals surface area contributed by atoms with Gasteiger partial charge in [0.25, 0.3) is 0 Å². The van der Waals surface area contributed by atoms with Crippen molar-refractivity contribution in [2.45, 2.75) is 51.7 Å². The van der Waals surface area contributed by atoms with Gasteiger partial charge in [0.2, 0.25) is 0 Å². The zero-order chi connectivity index (χ0) is 14.2. The molecule has 0 unspecified atom stereocenters. The fourth-order valence-electron chi connectivity index (χ4n) is 2.59. The maximum Gasteiger partial charge on any atom is 0.0732 e. The Morgan fingerprint density at radius 3 is 2.70 bits per heavy atom. The number of rotatable bonds is 4. The highest BCUT2D eigenvalue weighted by Gasteiger charge is 2.18. The molecule has 0 radical (unpaired) electrons. The van der Waals surface area contributed by atoms with Crippen molar-refractivity contribution in [3.05, 3.63) is 35.4 Å². The monoisotopic (exact) mass is 272 g/mol. The number of aliphatic hydroxyl groups excluding tert-OH is 1. The molecule has 1 aromatic rings. The van der Waals surface area contributed by atoms with Gasteiger partial charge in [0.05, 0.1) is 19.3 Å². The van der Waals surface area contributed by atoms with E-state index in [1.165, 1.54) is 25.7 Å². The van der Waals surface area contributed by atoms with Crippen molar-refractivity contribution in [3.63, 3.8) is 0 Å². The van der Waals surface area contributed by atoms with Crippen LogP contribution >= 0.6 is 0 Å². The van der Waals surface area contributed by atoms with E-state index in [1.54, 1.807) is 0 Å². The van der Waals surface area contributed by atoms with E-state index >= 15 is 0 Å². The lowest BCUT2D eigenvalue weighted by atomic mass is 9.89. The van der Waals surface area contributed by atoms with Gasteiger partial charge in [-0.3, -0.25) is 0 Å². The van der Waals surface area contributed by atoms with E-state index < -0.39 is 0 Å². The Kier molecular flexibility index (Phi) is 6.11. The standard InChI is InChI=1S/C18H24O2/c1-15-9-11-18(12-10-15)20-14-17-8-3-2-6-16(17)7-4-5-13-19/h2-3,6,8,15,18-19H,5,9-14H2,1H3. The van der Waals surface area contributed by atoms with Crippen LogP contribution in [-0.2, 0) is 11.3 Å². The molecule has 0 spiro atoms. The van der Waals surface area contributed by atoms with Crippen LogP contribution in [0.3, 0.4) is 0 Å². The van der Waals surface area contributed by atoms with Crippen LogP contribution in [0.15, 0.2) is 24.3 Å². The van der Waals surface area contributed by atoms with Gasteiger partial charge >= 0.3 is 0 Å². The highest BCUT2D eigenvalue weighted by atomic mass is 16.5. The van der Waals surface area contributed by atoms with Crippen LogP contribution in [0, 0.1) is 17.8 Å². The molecule has 2 heteroatoms. The zero-order valence-electron chi connectivity index (χ0n) is 12.3. The Morgan fingerprint density at radius 2 is 1.95 bits per heavy atom. The van der Waals surface area contributed by atoms with E-state index in [0.29, 0.717) is 19.1 Å². The summed E-state index contributed by atoms with van der Waals surface area (Å²) >= 11 is 0. The third-order valence-corrected chi connectivity index (χ3v) is 3.91. The van der Waals surface area contributed by atoms with Crippen molar-refractivity contribution in [1.82, 2.24) is 0 Å². The third-order valence-electron chi connectivity index (χ3n) is 3.91. The Hall–Kier alpha value is -1.30. The molecule has 20 heavy (non-hydrogen) atoms. The summed E-state index contributed by atoms with van der Waals surface area (Å²) in [5.74, 6) is 6.95. The smallest absolute Gasteiger partial charge is 0.0732 e. The average molecular weight is 272 g/mol. The molecule has 0 heterocycles. The van der Waals surface area contributed by atoms with Crippen molar-refractivity contribution in [2.24, 2.45) is 5.92 Å². The second-order valence-electron chi connectivity index (χ2n) is 5.63. The van der Waals surface area contributed by atoms with Crippen LogP contribution in [0.4, 0.5) is 0 Å². The van der Waals surface area contributed by atoms with Gasteiger partial charge in [0.1, 0.15) is 0 Å². The lowest BCUT2D eigenvalue weighted by Crippen LogP contribution is -2.20. The normalized spacial score (nSPS) is 22.1. The highest BCUT2D eigenvalue weighted by molar-refractivity contribution is 5.40. The lowest BCUT2D eigenvalue weighted by molar-refractivity contribution is 0.00869. The van der Waals surface area contributed by atoms with E-state index in [9.17, 15) is 0 Å². The molecular weight excluding hydrogens is 248 g/mol. The van der Waals surface area contributed by atoms with Crippen molar-refractivity contribution >= 4 is 0 Å². The van der Waals surface area contributed by atoms with Crippen LogP contribution in [0.1, 0.15) is 50.2 Å². The molecule has 1 aliphatic rings. The first-order valence-electron chi connectivity index (χ1n) is 7.59. The number of ether oxygens (including phenoxy) is 1. The highest BCUT2D eigenvalue weighted by Crippen LogP contribution is 2.26. The summed E-state index contributed by atoms with van der Waals surface area (Å²) < 4.78 is 6.05. The number of aliphatic hydroxyl groups is 1. The second-order valence-corrected chi connectivity index (χ2v) is 5.63. The minimum Gasteiger partial charge on any atom is -0.395 e. The van der Waals surface area contributed by atoms with E-state index in [1.807, 2.05) is 18.2 Å². The van der Waals surface area contributed by atoms with Crippen LogP contribution in [-0.4, -0.2) is 17.8 Å². The average Bonchev–Trinajstić information content (AvgIpc) is 2.48. The first-order valence-corrected chi connectivity index (χ1v) is 7.59. The van der Waals surface area contributed by atoms with Gasteiger partial charge in [-0.1, -0.05) is 37.0 Å². The number of hydrogen-bond acceptors (Lipinski definition) is 2. The molecule has 1 aromatic carbocycles. The fourth-order valence-corrected chi connectivity index (χ4v) is 2.59. The number of hydrogen-bond donors (Lipinski definition) is 1.